The molecule has 0 aliphatic carbocycles. The Balaban J connectivity index is 2.30. The number of rotatable bonds is 5. The highest BCUT2D eigenvalue weighted by Crippen LogP contribution is 2.47. The molecule has 130 valence electrons. The van der Waals surface area contributed by atoms with Gasteiger partial charge in [-0.15, -0.1) is 0 Å². The van der Waals surface area contributed by atoms with E-state index < -0.39 is 11.4 Å². The topological polar surface area (TPSA) is 87.4 Å². The van der Waals surface area contributed by atoms with Crippen LogP contribution in [0.5, 0.6) is 34.5 Å². The Morgan fingerprint density at radius 1 is 0.920 bits per heavy atom. The van der Waals surface area contributed by atoms with Crippen molar-refractivity contribution in [3.63, 3.8) is 0 Å². The zero-order valence-electron chi connectivity index (χ0n) is 13.9. The molecule has 0 fully saturated rings. The Morgan fingerprint density at radius 2 is 1.60 bits per heavy atom. The number of hydrogen-bond acceptors (Lipinski definition) is 7. The highest BCUT2D eigenvalue weighted by molar-refractivity contribution is 5.96. The van der Waals surface area contributed by atoms with Crippen LogP contribution in [0.2, 0.25) is 0 Å². The number of aromatic hydroxyl groups is 1. The lowest BCUT2D eigenvalue weighted by Crippen LogP contribution is -2.05. The molecular formula is C18H16O7. The lowest BCUT2D eigenvalue weighted by molar-refractivity contribution is 0.341. The molecule has 3 aromatic rings. The van der Waals surface area contributed by atoms with Crippen molar-refractivity contribution in [3.8, 4) is 34.5 Å². The Hall–Kier alpha value is -3.35. The van der Waals surface area contributed by atoms with Crippen molar-refractivity contribution >= 4 is 11.0 Å². The molecule has 0 radical (unpaired) electrons. The van der Waals surface area contributed by atoms with Crippen molar-refractivity contribution in [2.75, 3.05) is 21.3 Å². The zero-order chi connectivity index (χ0) is 18.0. The van der Waals surface area contributed by atoms with E-state index >= 15 is 0 Å². The molecule has 0 unspecified atom stereocenters. The number of methoxy groups -OCH3 is 3. The molecule has 0 atom stereocenters. The molecule has 3 rings (SSSR count). The molecule has 0 amide bonds. The van der Waals surface area contributed by atoms with Gasteiger partial charge >= 0.3 is 5.63 Å². The number of para-hydroxylation sites is 1. The van der Waals surface area contributed by atoms with Crippen molar-refractivity contribution in [2.45, 2.75) is 0 Å². The fourth-order valence-corrected chi connectivity index (χ4v) is 2.47. The second-order valence-electron chi connectivity index (χ2n) is 5.00. The van der Waals surface area contributed by atoms with Crippen LogP contribution in [0.15, 0.2) is 45.6 Å². The van der Waals surface area contributed by atoms with Crippen LogP contribution in [0.4, 0.5) is 0 Å². The van der Waals surface area contributed by atoms with Crippen LogP contribution in [-0.2, 0) is 0 Å². The van der Waals surface area contributed by atoms with Crippen molar-refractivity contribution in [3.05, 3.63) is 46.8 Å². The van der Waals surface area contributed by atoms with Gasteiger partial charge in [0.2, 0.25) is 5.75 Å². The minimum atomic E-state index is -0.859. The van der Waals surface area contributed by atoms with Gasteiger partial charge in [0.25, 0.3) is 5.75 Å². The summed E-state index contributed by atoms with van der Waals surface area (Å²) < 4.78 is 26.6. The van der Waals surface area contributed by atoms with Gasteiger partial charge in [-0.1, -0.05) is 18.2 Å². The van der Waals surface area contributed by atoms with E-state index in [2.05, 4.69) is 0 Å². The monoisotopic (exact) mass is 344 g/mol. The van der Waals surface area contributed by atoms with Gasteiger partial charge in [-0.05, 0) is 12.1 Å². The molecule has 0 saturated heterocycles. The maximum Gasteiger partial charge on any atom is 0.383 e. The molecule has 25 heavy (non-hydrogen) atoms. The number of fused-ring (bicyclic) bond motifs is 1. The SMILES string of the molecule is COc1cc(OC)c2c(O)c(Oc3ccccc3)c(=O)oc2c1OC. The van der Waals surface area contributed by atoms with Gasteiger partial charge in [-0.3, -0.25) is 0 Å². The van der Waals surface area contributed by atoms with Crippen molar-refractivity contribution in [1.29, 1.82) is 0 Å². The molecule has 0 aliphatic heterocycles. The first-order valence-corrected chi connectivity index (χ1v) is 7.32. The Bertz CT molecular complexity index is 961. The summed E-state index contributed by atoms with van der Waals surface area (Å²) in [6.07, 6.45) is 0. The predicted octanol–water partition coefficient (Wildman–Crippen LogP) is 3.32. The number of ether oxygens (including phenoxy) is 4. The third-order valence-corrected chi connectivity index (χ3v) is 3.60. The van der Waals surface area contributed by atoms with E-state index in [0.29, 0.717) is 11.5 Å². The third kappa shape index (κ3) is 2.80. The van der Waals surface area contributed by atoms with Crippen molar-refractivity contribution in [1.82, 2.24) is 0 Å². The van der Waals surface area contributed by atoms with Crippen LogP contribution in [-0.4, -0.2) is 26.4 Å². The molecule has 0 spiro atoms. The molecule has 0 saturated carbocycles. The molecule has 7 nitrogen and oxygen atoms in total. The molecule has 2 aromatic carbocycles. The smallest absolute Gasteiger partial charge is 0.383 e. The van der Waals surface area contributed by atoms with Crippen LogP contribution < -0.4 is 24.6 Å². The average molecular weight is 344 g/mol. The maximum atomic E-state index is 12.3. The first kappa shape index (κ1) is 16.5. The normalized spacial score (nSPS) is 10.5. The van der Waals surface area contributed by atoms with E-state index in [-0.39, 0.29) is 28.2 Å². The molecule has 7 heteroatoms. The Kier molecular flexibility index (Phi) is 4.38. The fraction of sp³-hybridized carbons (Fsp3) is 0.167. The van der Waals surface area contributed by atoms with Gasteiger partial charge < -0.3 is 28.5 Å². The molecular weight excluding hydrogens is 328 g/mol. The van der Waals surface area contributed by atoms with Crippen LogP contribution in [0.3, 0.4) is 0 Å². The molecule has 1 aromatic heterocycles. The Morgan fingerprint density at radius 3 is 2.20 bits per heavy atom. The molecule has 0 bridgehead atoms. The quantitative estimate of drug-likeness (QED) is 0.710. The minimum absolute atomic E-state index is 0.00149. The standard InChI is InChI=1S/C18H16O7/c1-21-11-9-12(22-2)15(23-3)16-13(11)14(19)17(18(20)25-16)24-10-7-5-4-6-8-10/h4-9,19H,1-3H3. The number of benzene rings is 2. The van der Waals surface area contributed by atoms with Crippen molar-refractivity contribution in [2.24, 2.45) is 0 Å². The van der Waals surface area contributed by atoms with Gasteiger partial charge in [-0.25, -0.2) is 4.79 Å². The summed E-state index contributed by atoms with van der Waals surface area (Å²) in [4.78, 5) is 12.3. The van der Waals surface area contributed by atoms with E-state index in [1.165, 1.54) is 27.4 Å². The van der Waals surface area contributed by atoms with E-state index in [1.54, 1.807) is 30.3 Å². The predicted molar refractivity (Wildman–Crippen MR) is 90.3 cm³/mol. The Labute approximate surface area is 142 Å². The molecule has 0 aliphatic rings. The molecule has 1 N–H and O–H groups in total. The second kappa shape index (κ2) is 6.64. The summed E-state index contributed by atoms with van der Waals surface area (Å²) in [6, 6.07) is 10.1. The van der Waals surface area contributed by atoms with E-state index in [0.717, 1.165) is 0 Å². The van der Waals surface area contributed by atoms with Gasteiger partial charge in [0.05, 0.1) is 21.3 Å². The summed E-state index contributed by atoms with van der Waals surface area (Å²) in [7, 11) is 4.26. The van der Waals surface area contributed by atoms with Crippen LogP contribution in [0, 0.1) is 0 Å². The lowest BCUT2D eigenvalue weighted by Gasteiger charge is -2.15. The van der Waals surface area contributed by atoms with Gasteiger partial charge in [0.1, 0.15) is 16.9 Å². The van der Waals surface area contributed by atoms with E-state index in [4.69, 9.17) is 23.4 Å². The van der Waals surface area contributed by atoms with Crippen molar-refractivity contribution < 1.29 is 28.5 Å². The number of hydrogen-bond donors (Lipinski definition) is 1. The largest absolute Gasteiger partial charge is 0.503 e. The first-order chi connectivity index (χ1) is 12.1. The lowest BCUT2D eigenvalue weighted by atomic mass is 10.1. The van der Waals surface area contributed by atoms with Crippen LogP contribution in [0.25, 0.3) is 11.0 Å². The fourth-order valence-electron chi connectivity index (χ4n) is 2.47. The summed E-state index contributed by atoms with van der Waals surface area (Å²) in [5.41, 5.74) is -0.857. The maximum absolute atomic E-state index is 12.3. The van der Waals surface area contributed by atoms with E-state index in [9.17, 15) is 9.90 Å². The van der Waals surface area contributed by atoms with Gasteiger partial charge in [0.15, 0.2) is 17.1 Å². The highest BCUT2D eigenvalue weighted by Gasteiger charge is 2.25. The highest BCUT2D eigenvalue weighted by atomic mass is 16.5. The first-order valence-electron chi connectivity index (χ1n) is 7.32. The summed E-state index contributed by atoms with van der Waals surface area (Å²) in [5.74, 6) is 0.330. The summed E-state index contributed by atoms with van der Waals surface area (Å²) in [6.45, 7) is 0. The van der Waals surface area contributed by atoms with Gasteiger partial charge in [0, 0.05) is 6.07 Å². The second-order valence-corrected chi connectivity index (χ2v) is 5.00. The van der Waals surface area contributed by atoms with Crippen LogP contribution in [0.1, 0.15) is 0 Å². The molecule has 1 heterocycles. The van der Waals surface area contributed by atoms with Gasteiger partial charge in [-0.2, -0.15) is 0 Å². The average Bonchev–Trinajstić information content (AvgIpc) is 2.64. The zero-order valence-corrected chi connectivity index (χ0v) is 13.9. The summed E-state index contributed by atoms with van der Waals surface area (Å²) >= 11 is 0. The van der Waals surface area contributed by atoms with Crippen LogP contribution >= 0.6 is 0 Å². The third-order valence-electron chi connectivity index (χ3n) is 3.60. The van der Waals surface area contributed by atoms with E-state index in [1.807, 2.05) is 0 Å². The minimum Gasteiger partial charge on any atom is -0.503 e. The summed E-state index contributed by atoms with van der Waals surface area (Å²) in [5, 5.41) is 10.8.